The van der Waals surface area contributed by atoms with Crippen LogP contribution in [0.3, 0.4) is 0 Å². The number of carbonyl (C=O) groups excluding carboxylic acids is 1. The summed E-state index contributed by atoms with van der Waals surface area (Å²) in [5.41, 5.74) is 1.01. The first-order valence-electron chi connectivity index (χ1n) is 6.43. The molecule has 5 nitrogen and oxygen atoms in total. The Labute approximate surface area is 123 Å². The summed E-state index contributed by atoms with van der Waals surface area (Å²) < 4.78 is 0. The van der Waals surface area contributed by atoms with Crippen molar-refractivity contribution in [1.29, 1.82) is 0 Å². The van der Waals surface area contributed by atoms with Gasteiger partial charge >= 0.3 is 5.97 Å². The third-order valence-electron chi connectivity index (χ3n) is 2.89. The van der Waals surface area contributed by atoms with Crippen molar-refractivity contribution in [2.24, 2.45) is 5.92 Å². The van der Waals surface area contributed by atoms with Gasteiger partial charge in [-0.25, -0.2) is 9.78 Å². The van der Waals surface area contributed by atoms with Crippen LogP contribution in [0.5, 0.6) is 0 Å². The molecule has 0 bridgehead atoms. The molecule has 20 heavy (non-hydrogen) atoms. The third kappa shape index (κ3) is 4.20. The quantitative estimate of drug-likeness (QED) is 0.819. The number of nitrogens with zero attached hydrogens (tertiary/aromatic N) is 1. The van der Waals surface area contributed by atoms with Crippen LogP contribution in [0.25, 0.3) is 0 Å². The number of pyridine rings is 1. The molecule has 1 atom stereocenters. The first-order valence-corrected chi connectivity index (χ1v) is 6.81. The Kier molecular flexibility index (Phi) is 5.51. The topological polar surface area (TPSA) is 79.3 Å². The van der Waals surface area contributed by atoms with Gasteiger partial charge in [-0.3, -0.25) is 4.79 Å². The Balaban J connectivity index is 3.00. The van der Waals surface area contributed by atoms with Crippen LogP contribution < -0.4 is 5.32 Å². The second-order valence-electron chi connectivity index (χ2n) is 5.29. The minimum atomic E-state index is -1.06. The molecule has 0 aliphatic rings. The van der Waals surface area contributed by atoms with Gasteiger partial charge in [0.1, 0.15) is 11.2 Å². The largest absolute Gasteiger partial charge is 0.480 e. The normalized spacial score (nSPS) is 12.6. The summed E-state index contributed by atoms with van der Waals surface area (Å²) in [5, 5.41) is 11.8. The van der Waals surface area contributed by atoms with Crippen LogP contribution in [-0.2, 0) is 4.79 Å². The van der Waals surface area contributed by atoms with Gasteiger partial charge in [-0.1, -0.05) is 39.3 Å². The zero-order valence-corrected chi connectivity index (χ0v) is 12.7. The maximum Gasteiger partial charge on any atom is 0.326 e. The van der Waals surface area contributed by atoms with Crippen LogP contribution in [0.15, 0.2) is 12.1 Å². The average Bonchev–Trinajstić information content (AvgIpc) is 2.33. The molecular weight excluding hydrogens is 280 g/mol. The summed E-state index contributed by atoms with van der Waals surface area (Å²) in [7, 11) is 0. The minimum Gasteiger partial charge on any atom is -0.480 e. The van der Waals surface area contributed by atoms with E-state index in [-0.39, 0.29) is 17.0 Å². The predicted octanol–water partition coefficient (Wildman–Crippen LogP) is 2.70. The second-order valence-corrected chi connectivity index (χ2v) is 5.68. The molecule has 0 aromatic carbocycles. The Morgan fingerprint density at radius 2 is 1.85 bits per heavy atom. The molecule has 110 valence electrons. The lowest BCUT2D eigenvalue weighted by atomic mass is 10.0. The van der Waals surface area contributed by atoms with Crippen molar-refractivity contribution >= 4 is 23.5 Å². The standard InChI is InChI=1S/C14H19ClN2O3/c1-7(2)10-5-9(6-11(15)16-10)13(18)17-12(8(3)4)14(19)20/h5-8,12H,1-4H3,(H,17,18)(H,19,20). The fraction of sp³-hybridized carbons (Fsp3) is 0.500. The molecule has 1 amide bonds. The first kappa shape index (κ1) is 16.4. The number of aromatic nitrogens is 1. The molecule has 1 heterocycles. The summed E-state index contributed by atoms with van der Waals surface area (Å²) in [6.45, 7) is 7.35. The lowest BCUT2D eigenvalue weighted by Crippen LogP contribution is -2.44. The lowest BCUT2D eigenvalue weighted by molar-refractivity contribution is -0.140. The smallest absolute Gasteiger partial charge is 0.326 e. The molecular formula is C14H19ClN2O3. The highest BCUT2D eigenvalue weighted by Gasteiger charge is 2.24. The molecule has 6 heteroatoms. The zero-order valence-electron chi connectivity index (χ0n) is 12.0. The summed E-state index contributed by atoms with van der Waals surface area (Å²) in [5.74, 6) is -1.60. The Hall–Kier alpha value is -1.62. The minimum absolute atomic E-state index is 0.126. The van der Waals surface area contributed by atoms with Gasteiger partial charge in [0.15, 0.2) is 0 Å². The van der Waals surface area contributed by atoms with E-state index in [1.54, 1.807) is 19.9 Å². The van der Waals surface area contributed by atoms with Gasteiger partial charge in [0.2, 0.25) is 0 Å². The molecule has 0 radical (unpaired) electrons. The lowest BCUT2D eigenvalue weighted by Gasteiger charge is -2.18. The van der Waals surface area contributed by atoms with Crippen molar-refractivity contribution in [3.8, 4) is 0 Å². The van der Waals surface area contributed by atoms with E-state index in [1.807, 2.05) is 13.8 Å². The molecule has 1 unspecified atom stereocenters. The van der Waals surface area contributed by atoms with E-state index in [0.717, 1.165) is 0 Å². The Morgan fingerprint density at radius 3 is 2.30 bits per heavy atom. The van der Waals surface area contributed by atoms with Gasteiger partial charge in [0.25, 0.3) is 5.91 Å². The number of carbonyl (C=O) groups is 2. The first-order chi connectivity index (χ1) is 9.22. The second kappa shape index (κ2) is 6.70. The number of rotatable bonds is 5. The van der Waals surface area contributed by atoms with E-state index in [1.165, 1.54) is 6.07 Å². The highest BCUT2D eigenvalue weighted by Crippen LogP contribution is 2.18. The Morgan fingerprint density at radius 1 is 1.25 bits per heavy atom. The summed E-state index contributed by atoms with van der Waals surface area (Å²) in [6, 6.07) is 2.13. The van der Waals surface area contributed by atoms with E-state index in [9.17, 15) is 9.59 Å². The number of aliphatic carboxylic acids is 1. The van der Waals surface area contributed by atoms with E-state index in [0.29, 0.717) is 11.3 Å². The van der Waals surface area contributed by atoms with Crippen LogP contribution in [0.4, 0.5) is 0 Å². The number of carboxylic acid groups (broad SMARTS) is 1. The number of nitrogens with one attached hydrogen (secondary N) is 1. The Bertz CT molecular complexity index is 515. The number of hydrogen-bond donors (Lipinski definition) is 2. The van der Waals surface area contributed by atoms with E-state index >= 15 is 0 Å². The molecule has 1 aromatic heterocycles. The molecule has 0 saturated heterocycles. The van der Waals surface area contributed by atoms with Gasteiger partial charge in [-0.15, -0.1) is 0 Å². The fourth-order valence-electron chi connectivity index (χ4n) is 1.68. The molecule has 0 aliphatic carbocycles. The number of carboxylic acids is 1. The van der Waals surface area contributed by atoms with Crippen LogP contribution >= 0.6 is 11.6 Å². The molecule has 0 aliphatic heterocycles. The van der Waals surface area contributed by atoms with Crippen LogP contribution in [0, 0.1) is 5.92 Å². The van der Waals surface area contributed by atoms with Gasteiger partial charge < -0.3 is 10.4 Å². The maximum absolute atomic E-state index is 12.1. The average molecular weight is 299 g/mol. The number of halogens is 1. The van der Waals surface area contributed by atoms with E-state index < -0.39 is 17.9 Å². The van der Waals surface area contributed by atoms with Crippen molar-refractivity contribution in [1.82, 2.24) is 10.3 Å². The predicted molar refractivity (Wildman–Crippen MR) is 77.1 cm³/mol. The molecule has 0 spiro atoms. The maximum atomic E-state index is 12.1. The van der Waals surface area contributed by atoms with Gasteiger partial charge in [-0.2, -0.15) is 0 Å². The fourth-order valence-corrected chi connectivity index (χ4v) is 1.90. The van der Waals surface area contributed by atoms with Gasteiger partial charge in [-0.05, 0) is 24.0 Å². The van der Waals surface area contributed by atoms with Crippen molar-refractivity contribution in [3.05, 3.63) is 28.5 Å². The summed E-state index contributed by atoms with van der Waals surface area (Å²) in [4.78, 5) is 27.4. The van der Waals surface area contributed by atoms with Crippen LogP contribution in [0.1, 0.15) is 49.7 Å². The molecule has 1 aromatic rings. The van der Waals surface area contributed by atoms with Gasteiger partial charge in [0.05, 0.1) is 0 Å². The number of hydrogen-bond acceptors (Lipinski definition) is 3. The van der Waals surface area contributed by atoms with Crippen molar-refractivity contribution in [3.63, 3.8) is 0 Å². The van der Waals surface area contributed by atoms with Crippen molar-refractivity contribution < 1.29 is 14.7 Å². The molecule has 1 rings (SSSR count). The summed E-state index contributed by atoms with van der Waals surface area (Å²) >= 11 is 5.89. The molecule has 0 saturated carbocycles. The SMILES string of the molecule is CC(C)c1cc(C(=O)NC(C(=O)O)C(C)C)cc(Cl)n1. The van der Waals surface area contributed by atoms with Crippen molar-refractivity contribution in [2.75, 3.05) is 0 Å². The zero-order chi connectivity index (χ0) is 15.4. The van der Waals surface area contributed by atoms with E-state index in [2.05, 4.69) is 10.3 Å². The molecule has 0 fully saturated rings. The van der Waals surface area contributed by atoms with Crippen LogP contribution in [-0.4, -0.2) is 28.0 Å². The van der Waals surface area contributed by atoms with E-state index in [4.69, 9.17) is 16.7 Å². The third-order valence-corrected chi connectivity index (χ3v) is 3.08. The number of amides is 1. The van der Waals surface area contributed by atoms with Gasteiger partial charge in [0, 0.05) is 11.3 Å². The summed E-state index contributed by atoms with van der Waals surface area (Å²) in [6.07, 6.45) is 0. The highest BCUT2D eigenvalue weighted by atomic mass is 35.5. The van der Waals surface area contributed by atoms with Crippen molar-refractivity contribution in [2.45, 2.75) is 39.7 Å². The monoisotopic (exact) mass is 298 g/mol. The van der Waals surface area contributed by atoms with Crippen LogP contribution in [0.2, 0.25) is 5.15 Å². The molecule has 2 N–H and O–H groups in total. The highest BCUT2D eigenvalue weighted by molar-refractivity contribution is 6.29.